The zero-order valence-electron chi connectivity index (χ0n) is 30.2. The molecule has 0 amide bonds. The maximum absolute atomic E-state index is 6.52. The average Bonchev–Trinajstić information content (AvgIpc) is 3.68. The number of nitrogens with zero attached hydrogens (tertiary/aromatic N) is 2. The second-order valence-electron chi connectivity index (χ2n) is 15.6. The Bertz CT molecular complexity index is 3480. The fourth-order valence-corrected chi connectivity index (χ4v) is 9.74. The van der Waals surface area contributed by atoms with E-state index in [2.05, 4.69) is 175 Å². The first-order valence-electron chi connectivity index (χ1n) is 18.8. The highest BCUT2D eigenvalue weighted by Gasteiger charge is 2.35. The Kier molecular flexibility index (Phi) is 6.18. The number of H-pyrrole nitrogens is 1. The number of aromatic nitrogens is 3. The molecular formula is C51H32ClN3. The van der Waals surface area contributed by atoms with E-state index in [1.165, 1.54) is 76.2 Å². The molecule has 1 aliphatic rings. The average molecular weight is 722 g/mol. The molecule has 11 aromatic rings. The Morgan fingerprint density at radius 2 is 1.07 bits per heavy atom. The third-order valence-corrected chi connectivity index (χ3v) is 12.4. The van der Waals surface area contributed by atoms with Crippen LogP contribution in [0.3, 0.4) is 0 Å². The molecule has 12 rings (SSSR count). The molecule has 2 aromatic heterocycles. The maximum atomic E-state index is 6.52. The zero-order chi connectivity index (χ0) is 36.6. The molecule has 0 radical (unpaired) electrons. The van der Waals surface area contributed by atoms with E-state index in [4.69, 9.17) is 16.6 Å². The summed E-state index contributed by atoms with van der Waals surface area (Å²) in [5, 5.41) is 13.6. The van der Waals surface area contributed by atoms with Crippen LogP contribution in [-0.4, -0.2) is 15.0 Å². The number of rotatable bonds is 2. The van der Waals surface area contributed by atoms with Crippen LogP contribution in [0.15, 0.2) is 152 Å². The Morgan fingerprint density at radius 1 is 0.436 bits per heavy atom. The molecule has 9 aromatic carbocycles. The van der Waals surface area contributed by atoms with Crippen molar-refractivity contribution in [1.29, 1.82) is 0 Å². The van der Waals surface area contributed by atoms with E-state index in [9.17, 15) is 0 Å². The normalized spacial score (nSPS) is 13.5. The molecule has 0 spiro atoms. The van der Waals surface area contributed by atoms with Crippen molar-refractivity contribution in [3.63, 3.8) is 0 Å². The second-order valence-corrected chi connectivity index (χ2v) is 16.0. The molecule has 0 aliphatic heterocycles. The van der Waals surface area contributed by atoms with E-state index < -0.39 is 0 Å². The van der Waals surface area contributed by atoms with Crippen LogP contribution in [0.4, 0.5) is 0 Å². The molecule has 0 saturated carbocycles. The third-order valence-electron chi connectivity index (χ3n) is 12.3. The van der Waals surface area contributed by atoms with Crippen molar-refractivity contribution in [2.75, 3.05) is 0 Å². The summed E-state index contributed by atoms with van der Waals surface area (Å²) in [6, 6.07) is 55.5. The number of halogens is 1. The highest BCUT2D eigenvalue weighted by Crippen LogP contribution is 2.51. The van der Waals surface area contributed by atoms with Crippen molar-refractivity contribution in [2.24, 2.45) is 0 Å². The van der Waals surface area contributed by atoms with Crippen LogP contribution in [-0.2, 0) is 5.41 Å². The van der Waals surface area contributed by atoms with Gasteiger partial charge in [-0.1, -0.05) is 117 Å². The van der Waals surface area contributed by atoms with Gasteiger partial charge < -0.3 is 4.98 Å². The van der Waals surface area contributed by atoms with Crippen LogP contribution >= 0.6 is 11.6 Å². The Balaban J connectivity index is 1.09. The predicted octanol–water partition coefficient (Wildman–Crippen LogP) is 14.2. The summed E-state index contributed by atoms with van der Waals surface area (Å²) in [7, 11) is 0. The lowest BCUT2D eigenvalue weighted by molar-refractivity contribution is 0.661. The van der Waals surface area contributed by atoms with Gasteiger partial charge in [0.15, 0.2) is 0 Å². The number of nitrogens with one attached hydrogen (secondary N) is 1. The smallest absolute Gasteiger partial charge is 0.223 e. The fraction of sp³-hybridized carbons (Fsp3) is 0.0588. The Labute approximate surface area is 321 Å². The fourth-order valence-electron chi connectivity index (χ4n) is 9.56. The minimum Gasteiger partial charge on any atom is -0.354 e. The van der Waals surface area contributed by atoms with Crippen molar-refractivity contribution in [1.82, 2.24) is 15.0 Å². The van der Waals surface area contributed by atoms with Gasteiger partial charge in [0.05, 0.1) is 11.2 Å². The van der Waals surface area contributed by atoms with Crippen molar-refractivity contribution in [2.45, 2.75) is 19.3 Å². The van der Waals surface area contributed by atoms with Gasteiger partial charge in [0.2, 0.25) is 5.28 Å². The largest absolute Gasteiger partial charge is 0.354 e. The Hall–Kier alpha value is -6.55. The summed E-state index contributed by atoms with van der Waals surface area (Å²) >= 11 is 6.52. The van der Waals surface area contributed by atoms with Gasteiger partial charge in [0.25, 0.3) is 0 Å². The standard InChI is InChI=1S/C51H32ClN3/c1-51(2)44-14-8-7-13-36(44)40-25-42-41-24-38-37-22-30(17-19-35(37)33-11-5-6-12-34(33)39(38)26-47(41)53-48(42)27-45(40)51)31-18-20-46-43(23-31)49(55-50(52)54-46)32-16-15-28-9-3-4-10-29(28)21-32/h3-27,53H,1-2H3. The summed E-state index contributed by atoms with van der Waals surface area (Å²) in [5.41, 5.74) is 12.7. The van der Waals surface area contributed by atoms with Crippen LogP contribution in [0.1, 0.15) is 25.0 Å². The second kappa shape index (κ2) is 11.0. The van der Waals surface area contributed by atoms with Gasteiger partial charge in [-0.05, 0) is 137 Å². The molecule has 258 valence electrons. The molecule has 1 N–H and O–H groups in total. The lowest BCUT2D eigenvalue weighted by atomic mass is 9.82. The molecule has 0 unspecified atom stereocenters. The monoisotopic (exact) mass is 721 g/mol. The van der Waals surface area contributed by atoms with Crippen molar-refractivity contribution in [3.8, 4) is 33.5 Å². The topological polar surface area (TPSA) is 41.6 Å². The summed E-state index contributed by atoms with van der Waals surface area (Å²) < 4.78 is 0. The van der Waals surface area contributed by atoms with Crippen molar-refractivity contribution < 1.29 is 0 Å². The zero-order valence-corrected chi connectivity index (χ0v) is 31.0. The van der Waals surface area contributed by atoms with Gasteiger partial charge in [0, 0.05) is 38.2 Å². The molecule has 2 heterocycles. The summed E-state index contributed by atoms with van der Waals surface area (Å²) in [4.78, 5) is 13.2. The third kappa shape index (κ3) is 4.39. The molecule has 0 saturated heterocycles. The van der Waals surface area contributed by atoms with E-state index in [0.29, 0.717) is 0 Å². The minimum atomic E-state index is -0.0533. The van der Waals surface area contributed by atoms with Crippen molar-refractivity contribution in [3.05, 3.63) is 168 Å². The van der Waals surface area contributed by atoms with E-state index in [-0.39, 0.29) is 10.7 Å². The predicted molar refractivity (Wildman–Crippen MR) is 232 cm³/mol. The molecular weight excluding hydrogens is 690 g/mol. The lowest BCUT2D eigenvalue weighted by Gasteiger charge is -2.21. The summed E-state index contributed by atoms with van der Waals surface area (Å²) in [6.07, 6.45) is 0. The van der Waals surface area contributed by atoms with Gasteiger partial charge in [-0.3, -0.25) is 0 Å². The van der Waals surface area contributed by atoms with E-state index >= 15 is 0 Å². The molecule has 55 heavy (non-hydrogen) atoms. The van der Waals surface area contributed by atoms with E-state index in [1.807, 2.05) is 0 Å². The van der Waals surface area contributed by atoms with Crippen LogP contribution in [0, 0.1) is 0 Å². The highest BCUT2D eigenvalue weighted by molar-refractivity contribution is 6.30. The number of hydrogen-bond acceptors (Lipinski definition) is 2. The molecule has 4 heteroatoms. The first-order chi connectivity index (χ1) is 26.9. The number of hydrogen-bond donors (Lipinski definition) is 1. The van der Waals surface area contributed by atoms with E-state index in [0.717, 1.165) is 44.2 Å². The first kappa shape index (κ1) is 30.9. The number of aromatic amines is 1. The maximum Gasteiger partial charge on any atom is 0.223 e. The molecule has 1 aliphatic carbocycles. The Morgan fingerprint density at radius 3 is 1.95 bits per heavy atom. The number of fused-ring (bicyclic) bond motifs is 14. The van der Waals surface area contributed by atoms with Crippen LogP contribution in [0.25, 0.3) is 109 Å². The molecule has 0 bridgehead atoms. The van der Waals surface area contributed by atoms with Crippen LogP contribution < -0.4 is 0 Å². The van der Waals surface area contributed by atoms with Crippen LogP contribution in [0.2, 0.25) is 5.28 Å². The lowest BCUT2D eigenvalue weighted by Crippen LogP contribution is -2.14. The van der Waals surface area contributed by atoms with Gasteiger partial charge in [-0.2, -0.15) is 0 Å². The molecule has 0 fully saturated rings. The van der Waals surface area contributed by atoms with E-state index in [1.54, 1.807) is 0 Å². The molecule has 0 atom stereocenters. The van der Waals surface area contributed by atoms with Crippen LogP contribution in [0.5, 0.6) is 0 Å². The first-order valence-corrected chi connectivity index (χ1v) is 19.2. The highest BCUT2D eigenvalue weighted by atomic mass is 35.5. The van der Waals surface area contributed by atoms with Crippen molar-refractivity contribution >= 4 is 87.4 Å². The van der Waals surface area contributed by atoms with Gasteiger partial charge in [-0.15, -0.1) is 0 Å². The van der Waals surface area contributed by atoms with Gasteiger partial charge >= 0.3 is 0 Å². The quantitative estimate of drug-likeness (QED) is 0.143. The SMILES string of the molecule is CC1(C)c2ccccc2-c2cc3c(cc21)[nH]c1cc2c4ccccc4c4ccc(-c5ccc6nc(Cl)nc(-c7ccc8ccccc8c7)c6c5)cc4c2cc13. The van der Waals surface area contributed by atoms with Gasteiger partial charge in [0.1, 0.15) is 0 Å². The summed E-state index contributed by atoms with van der Waals surface area (Å²) in [6.45, 7) is 4.69. The molecule has 3 nitrogen and oxygen atoms in total. The minimum absolute atomic E-state index is 0.0533. The number of benzene rings is 9. The summed E-state index contributed by atoms with van der Waals surface area (Å²) in [5.74, 6) is 0. The van der Waals surface area contributed by atoms with Gasteiger partial charge in [-0.25, -0.2) is 9.97 Å².